The molecule has 0 fully saturated rings. The maximum absolute atomic E-state index is 8.07. The SMILES string of the molecule is CCCCO.CO.[KH]. The Balaban J connectivity index is -0.0000000750. The topological polar surface area (TPSA) is 40.5 Å². The Hall–Kier alpha value is 1.56. The molecule has 0 aliphatic heterocycles. The molecule has 0 aromatic rings. The van der Waals surface area contributed by atoms with Crippen molar-refractivity contribution in [2.45, 2.75) is 19.8 Å². The Morgan fingerprint density at radius 3 is 1.62 bits per heavy atom. The van der Waals surface area contributed by atoms with Crippen LogP contribution < -0.4 is 0 Å². The van der Waals surface area contributed by atoms with Gasteiger partial charge in [-0.25, -0.2) is 0 Å². The van der Waals surface area contributed by atoms with Crippen LogP contribution >= 0.6 is 0 Å². The minimum atomic E-state index is 0. The third kappa shape index (κ3) is 25.7. The van der Waals surface area contributed by atoms with Crippen molar-refractivity contribution in [3.63, 3.8) is 0 Å². The number of aliphatic hydroxyl groups is 2. The van der Waals surface area contributed by atoms with Gasteiger partial charge >= 0.3 is 51.4 Å². The molecule has 0 atom stereocenters. The molecule has 0 aromatic carbocycles. The van der Waals surface area contributed by atoms with Crippen molar-refractivity contribution in [3.05, 3.63) is 0 Å². The van der Waals surface area contributed by atoms with Gasteiger partial charge in [0.1, 0.15) is 0 Å². The average Bonchev–Trinajstić information content (AvgIpc) is 1.75. The summed E-state index contributed by atoms with van der Waals surface area (Å²) in [6.07, 6.45) is 2.04. The van der Waals surface area contributed by atoms with Gasteiger partial charge < -0.3 is 10.2 Å². The Bertz CT molecular complexity index is 17.9. The van der Waals surface area contributed by atoms with E-state index in [-0.39, 0.29) is 51.4 Å². The summed E-state index contributed by atoms with van der Waals surface area (Å²) in [6.45, 7) is 2.40. The van der Waals surface area contributed by atoms with E-state index in [9.17, 15) is 0 Å². The summed E-state index contributed by atoms with van der Waals surface area (Å²) in [7, 11) is 1.00. The van der Waals surface area contributed by atoms with Crippen molar-refractivity contribution < 1.29 is 10.2 Å². The Morgan fingerprint density at radius 2 is 1.62 bits per heavy atom. The van der Waals surface area contributed by atoms with Gasteiger partial charge in [0.15, 0.2) is 0 Å². The second kappa shape index (κ2) is 23.5. The number of hydrogen-bond acceptors (Lipinski definition) is 2. The predicted octanol–water partition coefficient (Wildman–Crippen LogP) is -0.261. The summed E-state index contributed by atoms with van der Waals surface area (Å²) in [5.41, 5.74) is 0. The molecule has 2 nitrogen and oxygen atoms in total. The molecular weight excluding hydrogens is 131 g/mol. The van der Waals surface area contributed by atoms with Crippen molar-refractivity contribution in [2.75, 3.05) is 13.7 Å². The zero-order valence-corrected chi connectivity index (χ0v) is 5.02. The fourth-order valence-electron chi connectivity index (χ4n) is 0.158. The number of aliphatic hydroxyl groups excluding tert-OH is 2. The van der Waals surface area contributed by atoms with Crippen molar-refractivity contribution in [1.29, 1.82) is 0 Å². The standard InChI is InChI=1S/C4H10O.CH4O.K.H/c1-2-3-4-5;1-2;;/h5H,2-4H2,1H3;2H,1H3;;. The maximum atomic E-state index is 8.07. The van der Waals surface area contributed by atoms with Gasteiger partial charge in [-0.05, 0) is 6.42 Å². The van der Waals surface area contributed by atoms with Gasteiger partial charge in [0.2, 0.25) is 0 Å². The van der Waals surface area contributed by atoms with Crippen LogP contribution in [0.5, 0.6) is 0 Å². The average molecular weight is 146 g/mol. The zero-order chi connectivity index (χ0) is 6.12. The fraction of sp³-hybridized carbons (Fsp3) is 1.00. The molecule has 0 aromatic heterocycles. The van der Waals surface area contributed by atoms with Crippen molar-refractivity contribution in [1.82, 2.24) is 0 Å². The van der Waals surface area contributed by atoms with E-state index in [2.05, 4.69) is 6.92 Å². The molecule has 0 heterocycles. The molecule has 0 aliphatic rings. The molecule has 0 rings (SSSR count). The molecule has 0 radical (unpaired) electrons. The molecule has 0 saturated carbocycles. The number of hydrogen-bond donors (Lipinski definition) is 2. The summed E-state index contributed by atoms with van der Waals surface area (Å²) < 4.78 is 0. The van der Waals surface area contributed by atoms with Crippen molar-refractivity contribution >= 4 is 51.4 Å². The van der Waals surface area contributed by atoms with Crippen LogP contribution in [0.15, 0.2) is 0 Å². The van der Waals surface area contributed by atoms with Crippen LogP contribution in [-0.4, -0.2) is 75.3 Å². The molecule has 0 aliphatic carbocycles. The molecule has 0 unspecified atom stereocenters. The van der Waals surface area contributed by atoms with E-state index in [1.54, 1.807) is 0 Å². The van der Waals surface area contributed by atoms with Crippen LogP contribution in [0.25, 0.3) is 0 Å². The fourth-order valence-corrected chi connectivity index (χ4v) is 0.158. The van der Waals surface area contributed by atoms with E-state index in [4.69, 9.17) is 10.2 Å². The first-order valence-electron chi connectivity index (χ1n) is 2.47. The zero-order valence-electron chi connectivity index (χ0n) is 5.02. The first-order chi connectivity index (χ1) is 3.41. The van der Waals surface area contributed by atoms with Crippen LogP contribution in [0.3, 0.4) is 0 Å². The normalized spacial score (nSPS) is 6.00. The third-order valence-electron chi connectivity index (χ3n) is 0.512. The first kappa shape index (κ1) is 16.3. The molecule has 0 spiro atoms. The minimum absolute atomic E-state index is 0. The monoisotopic (exact) mass is 146 g/mol. The van der Waals surface area contributed by atoms with E-state index in [1.807, 2.05) is 0 Å². The molecule has 0 saturated heterocycles. The van der Waals surface area contributed by atoms with Gasteiger partial charge in [-0.1, -0.05) is 13.3 Å². The Labute approximate surface area is 93.7 Å². The Morgan fingerprint density at radius 1 is 1.25 bits per heavy atom. The number of rotatable bonds is 2. The second-order valence-electron chi connectivity index (χ2n) is 1.08. The summed E-state index contributed by atoms with van der Waals surface area (Å²) in [4.78, 5) is 0. The second-order valence-corrected chi connectivity index (χ2v) is 1.08. The molecule has 0 bridgehead atoms. The van der Waals surface area contributed by atoms with Crippen LogP contribution in [-0.2, 0) is 0 Å². The molecule has 3 heteroatoms. The summed E-state index contributed by atoms with van der Waals surface area (Å²) >= 11 is 0. The van der Waals surface area contributed by atoms with Crippen LogP contribution in [0.1, 0.15) is 19.8 Å². The van der Waals surface area contributed by atoms with Gasteiger partial charge in [-0.2, -0.15) is 0 Å². The van der Waals surface area contributed by atoms with Crippen molar-refractivity contribution in [2.24, 2.45) is 0 Å². The third-order valence-corrected chi connectivity index (χ3v) is 0.512. The van der Waals surface area contributed by atoms with Crippen LogP contribution in [0.4, 0.5) is 0 Å². The first-order valence-corrected chi connectivity index (χ1v) is 2.47. The quantitative estimate of drug-likeness (QED) is 0.527. The van der Waals surface area contributed by atoms with E-state index in [0.29, 0.717) is 6.61 Å². The molecule has 2 N–H and O–H groups in total. The van der Waals surface area contributed by atoms with Gasteiger partial charge in [0, 0.05) is 13.7 Å². The Kier molecular flexibility index (Phi) is 47.9. The van der Waals surface area contributed by atoms with Gasteiger partial charge in [0.25, 0.3) is 0 Å². The van der Waals surface area contributed by atoms with Crippen molar-refractivity contribution in [3.8, 4) is 0 Å². The van der Waals surface area contributed by atoms with Gasteiger partial charge in [-0.3, -0.25) is 0 Å². The molecule has 8 heavy (non-hydrogen) atoms. The number of unbranched alkanes of at least 4 members (excludes halogenated alkanes) is 1. The van der Waals surface area contributed by atoms with E-state index >= 15 is 0 Å². The van der Waals surface area contributed by atoms with Crippen LogP contribution in [0, 0.1) is 0 Å². The molecular formula is C5H15KO2. The van der Waals surface area contributed by atoms with E-state index in [1.165, 1.54) is 0 Å². The van der Waals surface area contributed by atoms with Gasteiger partial charge in [0.05, 0.1) is 0 Å². The molecule has 0 amide bonds. The summed E-state index contributed by atoms with van der Waals surface area (Å²) in [5, 5.41) is 15.1. The van der Waals surface area contributed by atoms with E-state index < -0.39 is 0 Å². The van der Waals surface area contributed by atoms with E-state index in [0.717, 1.165) is 20.0 Å². The van der Waals surface area contributed by atoms with Crippen LogP contribution in [0.2, 0.25) is 0 Å². The summed E-state index contributed by atoms with van der Waals surface area (Å²) in [5.74, 6) is 0. The molecule has 48 valence electrons. The predicted molar refractivity (Wildman–Crippen MR) is 37.3 cm³/mol. The van der Waals surface area contributed by atoms with Gasteiger partial charge in [-0.15, -0.1) is 0 Å². The summed E-state index contributed by atoms with van der Waals surface area (Å²) in [6, 6.07) is 0.